The fourth-order valence-electron chi connectivity index (χ4n) is 3.02. The van der Waals surface area contributed by atoms with E-state index in [1.54, 1.807) is 17.7 Å². The van der Waals surface area contributed by atoms with Crippen LogP contribution in [-0.4, -0.2) is 32.8 Å². The van der Waals surface area contributed by atoms with Gasteiger partial charge in [-0.2, -0.15) is 0 Å². The van der Waals surface area contributed by atoms with Crippen molar-refractivity contribution < 1.29 is 0 Å². The predicted octanol–water partition coefficient (Wildman–Crippen LogP) is 2.81. The Bertz CT molecular complexity index is 729. The molecule has 0 amide bonds. The first kappa shape index (κ1) is 12.8. The Labute approximate surface area is 127 Å². The maximum Gasteiger partial charge on any atom is 0.186 e. The second kappa shape index (κ2) is 5.11. The molecule has 1 saturated heterocycles. The summed E-state index contributed by atoms with van der Waals surface area (Å²) in [6.07, 6.45) is 4.13. The van der Waals surface area contributed by atoms with E-state index in [9.17, 15) is 0 Å². The summed E-state index contributed by atoms with van der Waals surface area (Å²) in [4.78, 5) is 7.17. The lowest BCUT2D eigenvalue weighted by atomic mass is 9.97. The van der Waals surface area contributed by atoms with Crippen LogP contribution in [0.3, 0.4) is 0 Å². The highest BCUT2D eigenvalue weighted by molar-refractivity contribution is 7.22. The van der Waals surface area contributed by atoms with Crippen LogP contribution < -0.4 is 4.90 Å². The number of hydrogen-bond donors (Lipinski definition) is 0. The van der Waals surface area contributed by atoms with Crippen LogP contribution in [0.2, 0.25) is 0 Å². The van der Waals surface area contributed by atoms with E-state index >= 15 is 0 Å². The number of aryl methyl sites for hydroxylation is 1. The molecule has 3 heterocycles. The third kappa shape index (κ3) is 2.29. The van der Waals surface area contributed by atoms with Crippen molar-refractivity contribution in [2.24, 2.45) is 7.05 Å². The van der Waals surface area contributed by atoms with E-state index in [4.69, 9.17) is 4.98 Å². The highest BCUT2D eigenvalue weighted by Gasteiger charge is 2.26. The lowest BCUT2D eigenvalue weighted by molar-refractivity contribution is 0.480. The van der Waals surface area contributed by atoms with Crippen molar-refractivity contribution in [3.8, 4) is 0 Å². The third-order valence-corrected chi connectivity index (χ3v) is 5.18. The molecule has 4 rings (SSSR count). The number of nitrogens with zero attached hydrogens (tertiary/aromatic N) is 5. The molecule has 3 aromatic rings. The van der Waals surface area contributed by atoms with Crippen molar-refractivity contribution in [1.29, 1.82) is 0 Å². The number of aromatic nitrogens is 4. The van der Waals surface area contributed by atoms with Crippen LogP contribution >= 0.6 is 11.3 Å². The van der Waals surface area contributed by atoms with Gasteiger partial charge in [0.25, 0.3) is 0 Å². The lowest BCUT2D eigenvalue weighted by Crippen LogP contribution is -2.35. The van der Waals surface area contributed by atoms with Crippen molar-refractivity contribution >= 4 is 26.7 Å². The summed E-state index contributed by atoms with van der Waals surface area (Å²) in [5.74, 6) is 1.53. The molecule has 1 aromatic carbocycles. The van der Waals surface area contributed by atoms with Crippen LogP contribution in [0.25, 0.3) is 10.2 Å². The molecule has 5 nitrogen and oxygen atoms in total. The minimum atomic E-state index is 0.443. The van der Waals surface area contributed by atoms with Gasteiger partial charge in [0, 0.05) is 26.1 Å². The zero-order valence-corrected chi connectivity index (χ0v) is 12.8. The van der Waals surface area contributed by atoms with Crippen LogP contribution in [0, 0.1) is 0 Å². The zero-order valence-electron chi connectivity index (χ0n) is 11.9. The number of para-hydroxylation sites is 1. The molecule has 1 aliphatic rings. The summed E-state index contributed by atoms with van der Waals surface area (Å²) < 4.78 is 3.29. The normalized spacial score (nSPS) is 19.3. The van der Waals surface area contributed by atoms with Gasteiger partial charge in [-0.15, -0.1) is 10.2 Å². The van der Waals surface area contributed by atoms with Gasteiger partial charge >= 0.3 is 0 Å². The van der Waals surface area contributed by atoms with Gasteiger partial charge in [-0.25, -0.2) is 4.98 Å². The molecular weight excluding hydrogens is 282 g/mol. The number of rotatable bonds is 2. The highest BCUT2D eigenvalue weighted by atomic mass is 32.1. The topological polar surface area (TPSA) is 46.8 Å². The van der Waals surface area contributed by atoms with E-state index < -0.39 is 0 Å². The Morgan fingerprint density at radius 1 is 1.29 bits per heavy atom. The zero-order chi connectivity index (χ0) is 14.2. The monoisotopic (exact) mass is 299 g/mol. The van der Waals surface area contributed by atoms with Crippen molar-refractivity contribution in [3.63, 3.8) is 0 Å². The van der Waals surface area contributed by atoms with Gasteiger partial charge in [-0.3, -0.25) is 0 Å². The van der Waals surface area contributed by atoms with Gasteiger partial charge < -0.3 is 9.47 Å². The Morgan fingerprint density at radius 3 is 3.00 bits per heavy atom. The summed E-state index contributed by atoms with van der Waals surface area (Å²) in [5.41, 5.74) is 1.10. The van der Waals surface area contributed by atoms with Crippen LogP contribution in [0.4, 0.5) is 5.13 Å². The Morgan fingerprint density at radius 2 is 2.19 bits per heavy atom. The summed E-state index contributed by atoms with van der Waals surface area (Å²) in [6, 6.07) is 8.34. The standard InChI is InChI=1S/C15H17N5S/c1-19-10-16-18-14(19)11-5-4-8-20(9-11)15-17-12-6-2-3-7-13(12)21-15/h2-3,6-7,10-11H,4-5,8-9H2,1H3. The summed E-state index contributed by atoms with van der Waals surface area (Å²) in [5, 5.41) is 9.42. The van der Waals surface area contributed by atoms with Crippen LogP contribution in [0.15, 0.2) is 30.6 Å². The Balaban J connectivity index is 1.62. The average molecular weight is 299 g/mol. The fourth-order valence-corrected chi connectivity index (χ4v) is 4.02. The molecule has 6 heteroatoms. The van der Waals surface area contributed by atoms with Crippen molar-refractivity contribution in [1.82, 2.24) is 19.7 Å². The molecule has 0 bridgehead atoms. The van der Waals surface area contributed by atoms with Crippen LogP contribution in [0.5, 0.6) is 0 Å². The molecule has 108 valence electrons. The van der Waals surface area contributed by atoms with Gasteiger partial charge in [0.2, 0.25) is 0 Å². The minimum absolute atomic E-state index is 0.443. The highest BCUT2D eigenvalue weighted by Crippen LogP contribution is 2.33. The molecule has 0 spiro atoms. The number of hydrogen-bond acceptors (Lipinski definition) is 5. The molecule has 1 aliphatic heterocycles. The van der Waals surface area contributed by atoms with E-state index in [2.05, 4.69) is 33.3 Å². The molecule has 21 heavy (non-hydrogen) atoms. The average Bonchev–Trinajstić information content (AvgIpc) is 3.13. The van der Waals surface area contributed by atoms with E-state index in [0.29, 0.717) is 5.92 Å². The summed E-state index contributed by atoms with van der Waals surface area (Å²) in [7, 11) is 2.02. The molecule has 0 aliphatic carbocycles. The van der Waals surface area contributed by atoms with Crippen molar-refractivity contribution in [2.45, 2.75) is 18.8 Å². The summed E-state index contributed by atoms with van der Waals surface area (Å²) in [6.45, 7) is 2.06. The van der Waals surface area contributed by atoms with Gasteiger partial charge in [0.05, 0.1) is 10.2 Å². The smallest absolute Gasteiger partial charge is 0.186 e. The van der Waals surface area contributed by atoms with Crippen molar-refractivity contribution in [2.75, 3.05) is 18.0 Å². The first-order valence-corrected chi connectivity index (χ1v) is 8.07. The first-order chi connectivity index (χ1) is 10.3. The largest absolute Gasteiger partial charge is 0.347 e. The second-order valence-corrected chi connectivity index (χ2v) is 6.56. The molecular formula is C15H17N5S. The number of anilines is 1. The first-order valence-electron chi connectivity index (χ1n) is 7.25. The van der Waals surface area contributed by atoms with E-state index in [-0.39, 0.29) is 0 Å². The number of benzene rings is 1. The van der Waals surface area contributed by atoms with Gasteiger partial charge in [0.1, 0.15) is 12.2 Å². The number of thiazole rings is 1. The van der Waals surface area contributed by atoms with Crippen LogP contribution in [-0.2, 0) is 7.05 Å². The van der Waals surface area contributed by atoms with Crippen molar-refractivity contribution in [3.05, 3.63) is 36.4 Å². The molecule has 0 N–H and O–H groups in total. The maximum absolute atomic E-state index is 4.78. The minimum Gasteiger partial charge on any atom is -0.347 e. The van der Waals surface area contributed by atoms with Gasteiger partial charge in [-0.1, -0.05) is 23.5 Å². The molecule has 1 unspecified atom stereocenters. The quantitative estimate of drug-likeness (QED) is 0.730. The molecule has 1 atom stereocenters. The third-order valence-electron chi connectivity index (χ3n) is 4.09. The summed E-state index contributed by atoms with van der Waals surface area (Å²) >= 11 is 1.78. The second-order valence-electron chi connectivity index (χ2n) is 5.55. The van der Waals surface area contributed by atoms with Gasteiger partial charge in [-0.05, 0) is 25.0 Å². The molecule has 1 fully saturated rings. The number of fused-ring (bicyclic) bond motifs is 1. The Kier molecular flexibility index (Phi) is 3.11. The molecule has 0 radical (unpaired) electrons. The lowest BCUT2D eigenvalue weighted by Gasteiger charge is -2.31. The van der Waals surface area contributed by atoms with E-state index in [1.165, 1.54) is 17.5 Å². The van der Waals surface area contributed by atoms with Gasteiger partial charge in [0.15, 0.2) is 5.13 Å². The Hall–Kier alpha value is -1.95. The maximum atomic E-state index is 4.78. The van der Waals surface area contributed by atoms with E-state index in [0.717, 1.165) is 29.6 Å². The molecule has 0 saturated carbocycles. The fraction of sp³-hybridized carbons (Fsp3) is 0.400. The SMILES string of the molecule is Cn1cnnc1C1CCCN(c2nc3ccccc3s2)C1. The number of piperidine rings is 1. The molecule has 2 aromatic heterocycles. The van der Waals surface area contributed by atoms with E-state index in [1.807, 2.05) is 17.7 Å². The predicted molar refractivity (Wildman–Crippen MR) is 84.8 cm³/mol. The van der Waals surface area contributed by atoms with Crippen LogP contribution in [0.1, 0.15) is 24.6 Å².